The minimum atomic E-state index is -3.96. The van der Waals surface area contributed by atoms with Crippen molar-refractivity contribution in [2.45, 2.75) is 12.3 Å². The number of hydrogen-bond donors (Lipinski definition) is 0. The number of benzene rings is 1. The number of rotatable bonds is 3. The van der Waals surface area contributed by atoms with Crippen LogP contribution < -0.4 is 4.74 Å². The molecule has 86 valence electrons. The van der Waals surface area contributed by atoms with Gasteiger partial charge in [-0.2, -0.15) is 8.78 Å². The third-order valence-corrected chi connectivity index (χ3v) is 1.79. The first-order valence-corrected chi connectivity index (χ1v) is 4.58. The van der Waals surface area contributed by atoms with Gasteiger partial charge in [0.25, 0.3) is 0 Å². The summed E-state index contributed by atoms with van der Waals surface area (Å²) < 4.78 is 29.6. The summed E-state index contributed by atoms with van der Waals surface area (Å²) in [6.07, 6.45) is 0. The lowest BCUT2D eigenvalue weighted by atomic mass is 10.1. The van der Waals surface area contributed by atoms with Crippen LogP contribution in [-0.2, 0) is 4.79 Å². The average molecular weight is 249 g/mol. The number of carbonyl (C=O) groups excluding carboxylic acids is 2. The first-order valence-electron chi connectivity index (χ1n) is 4.20. The number of alkyl halides is 3. The van der Waals surface area contributed by atoms with Crippen molar-refractivity contribution in [3.8, 4) is 5.75 Å². The standard InChI is InChI=1S/C10H7ClF2O3/c1-6(14)16-8-4-2-3-7(5-8)9(15)10(11,12)13/h2-5H,1H3. The molecule has 1 rings (SSSR count). The van der Waals surface area contributed by atoms with Crippen LogP contribution in [0.5, 0.6) is 5.75 Å². The molecule has 1 aromatic carbocycles. The van der Waals surface area contributed by atoms with Gasteiger partial charge in [0.2, 0.25) is 5.78 Å². The maximum absolute atomic E-state index is 12.5. The van der Waals surface area contributed by atoms with Gasteiger partial charge in [-0.15, -0.1) is 0 Å². The zero-order valence-corrected chi connectivity index (χ0v) is 8.92. The molecule has 0 radical (unpaired) electrons. The summed E-state index contributed by atoms with van der Waals surface area (Å²) >= 11 is 4.59. The van der Waals surface area contributed by atoms with E-state index in [-0.39, 0.29) is 11.3 Å². The Morgan fingerprint density at radius 2 is 2.00 bits per heavy atom. The highest BCUT2D eigenvalue weighted by Gasteiger charge is 2.36. The van der Waals surface area contributed by atoms with Crippen LogP contribution in [0.2, 0.25) is 0 Å². The summed E-state index contributed by atoms with van der Waals surface area (Å²) in [4.78, 5) is 21.7. The second-order valence-electron chi connectivity index (χ2n) is 2.95. The molecule has 0 saturated heterocycles. The van der Waals surface area contributed by atoms with Crippen LogP contribution in [0.1, 0.15) is 17.3 Å². The average Bonchev–Trinajstić information content (AvgIpc) is 2.14. The van der Waals surface area contributed by atoms with Crippen LogP contribution in [0.25, 0.3) is 0 Å². The number of hydrogen-bond acceptors (Lipinski definition) is 3. The van der Waals surface area contributed by atoms with E-state index in [0.29, 0.717) is 0 Å². The quantitative estimate of drug-likeness (QED) is 0.357. The zero-order chi connectivity index (χ0) is 12.3. The predicted octanol–water partition coefficient (Wildman–Crippen LogP) is 2.63. The van der Waals surface area contributed by atoms with Gasteiger partial charge in [0, 0.05) is 12.5 Å². The molecule has 0 heterocycles. The van der Waals surface area contributed by atoms with Gasteiger partial charge in [-0.3, -0.25) is 9.59 Å². The van der Waals surface area contributed by atoms with E-state index in [1.807, 2.05) is 0 Å². The van der Waals surface area contributed by atoms with Crippen molar-refractivity contribution in [3.63, 3.8) is 0 Å². The van der Waals surface area contributed by atoms with E-state index in [9.17, 15) is 18.4 Å². The number of Topliss-reactive ketones (excluding diaryl/α,β-unsaturated/α-hetero) is 1. The SMILES string of the molecule is CC(=O)Oc1cccc(C(=O)C(F)(F)Cl)c1. The third-order valence-electron chi connectivity index (χ3n) is 1.62. The number of esters is 1. The highest BCUT2D eigenvalue weighted by molar-refractivity contribution is 6.35. The van der Waals surface area contributed by atoms with Crippen molar-refractivity contribution in [1.82, 2.24) is 0 Å². The van der Waals surface area contributed by atoms with E-state index in [4.69, 9.17) is 0 Å². The maximum Gasteiger partial charge on any atom is 0.384 e. The first kappa shape index (κ1) is 12.6. The topological polar surface area (TPSA) is 43.4 Å². The molecule has 0 aliphatic rings. The highest BCUT2D eigenvalue weighted by Crippen LogP contribution is 2.26. The number of ether oxygens (including phenoxy) is 1. The smallest absolute Gasteiger partial charge is 0.384 e. The fraction of sp³-hybridized carbons (Fsp3) is 0.200. The van der Waals surface area contributed by atoms with Gasteiger partial charge in [-0.05, 0) is 23.7 Å². The van der Waals surface area contributed by atoms with Crippen LogP contribution >= 0.6 is 11.6 Å². The van der Waals surface area contributed by atoms with E-state index in [2.05, 4.69) is 16.3 Å². The Morgan fingerprint density at radius 3 is 2.50 bits per heavy atom. The van der Waals surface area contributed by atoms with Gasteiger partial charge < -0.3 is 4.74 Å². The maximum atomic E-state index is 12.5. The van der Waals surface area contributed by atoms with E-state index in [1.165, 1.54) is 12.1 Å². The highest BCUT2D eigenvalue weighted by atomic mass is 35.5. The Kier molecular flexibility index (Phi) is 3.59. The van der Waals surface area contributed by atoms with Crippen molar-refractivity contribution in [1.29, 1.82) is 0 Å². The van der Waals surface area contributed by atoms with E-state index >= 15 is 0 Å². The molecule has 0 aliphatic heterocycles. The molecule has 0 aliphatic carbocycles. The molecule has 0 saturated carbocycles. The number of carbonyl (C=O) groups is 2. The predicted molar refractivity (Wildman–Crippen MR) is 52.9 cm³/mol. The van der Waals surface area contributed by atoms with Gasteiger partial charge in [-0.1, -0.05) is 12.1 Å². The summed E-state index contributed by atoms with van der Waals surface area (Å²) in [5, 5.41) is -3.96. The van der Waals surface area contributed by atoms with Gasteiger partial charge in [0.15, 0.2) is 0 Å². The van der Waals surface area contributed by atoms with Crippen molar-refractivity contribution in [2.24, 2.45) is 0 Å². The minimum absolute atomic E-state index is 0.0132. The van der Waals surface area contributed by atoms with Crippen LogP contribution in [0.15, 0.2) is 24.3 Å². The third kappa shape index (κ3) is 3.27. The van der Waals surface area contributed by atoms with Crippen molar-refractivity contribution >= 4 is 23.4 Å². The molecule has 0 amide bonds. The van der Waals surface area contributed by atoms with Gasteiger partial charge in [0.1, 0.15) is 5.75 Å². The second kappa shape index (κ2) is 4.57. The lowest BCUT2D eigenvalue weighted by Gasteiger charge is -2.07. The molecule has 6 heteroatoms. The number of ketones is 1. The molecule has 0 N–H and O–H groups in total. The second-order valence-corrected chi connectivity index (χ2v) is 3.42. The molecular formula is C10H7ClF2O3. The van der Waals surface area contributed by atoms with Gasteiger partial charge >= 0.3 is 11.4 Å². The minimum Gasteiger partial charge on any atom is -0.427 e. The van der Waals surface area contributed by atoms with E-state index in [1.54, 1.807) is 0 Å². The zero-order valence-electron chi connectivity index (χ0n) is 8.17. The largest absolute Gasteiger partial charge is 0.427 e. The molecule has 0 aromatic heterocycles. The summed E-state index contributed by atoms with van der Waals surface area (Å²) in [5.41, 5.74) is -0.321. The Balaban J connectivity index is 2.99. The van der Waals surface area contributed by atoms with Crippen molar-refractivity contribution < 1.29 is 23.1 Å². The van der Waals surface area contributed by atoms with Crippen molar-refractivity contribution in [3.05, 3.63) is 29.8 Å². The molecule has 16 heavy (non-hydrogen) atoms. The number of halogens is 3. The monoisotopic (exact) mass is 248 g/mol. The molecule has 0 bridgehead atoms. The van der Waals surface area contributed by atoms with Crippen LogP contribution in [-0.4, -0.2) is 17.1 Å². The first-order chi connectivity index (χ1) is 7.30. The van der Waals surface area contributed by atoms with Gasteiger partial charge in [-0.25, -0.2) is 0 Å². The summed E-state index contributed by atoms with van der Waals surface area (Å²) in [6, 6.07) is 4.87. The Hall–Kier alpha value is -1.49. The molecule has 0 atom stereocenters. The summed E-state index contributed by atoms with van der Waals surface area (Å²) in [7, 11) is 0. The molecule has 0 unspecified atom stereocenters. The summed E-state index contributed by atoms with van der Waals surface area (Å²) in [5.74, 6) is -2.13. The summed E-state index contributed by atoms with van der Waals surface area (Å²) in [6.45, 7) is 1.16. The van der Waals surface area contributed by atoms with E-state index < -0.39 is 17.1 Å². The Labute approximate surface area is 95.0 Å². The Bertz CT molecular complexity index is 426. The van der Waals surface area contributed by atoms with Gasteiger partial charge in [0.05, 0.1) is 0 Å². The normalized spacial score (nSPS) is 11.0. The lowest BCUT2D eigenvalue weighted by molar-refractivity contribution is -0.131. The fourth-order valence-corrected chi connectivity index (χ4v) is 1.14. The molecule has 0 fully saturated rings. The van der Waals surface area contributed by atoms with Crippen LogP contribution in [0, 0.1) is 0 Å². The van der Waals surface area contributed by atoms with Crippen LogP contribution in [0.4, 0.5) is 8.78 Å². The molecular weight excluding hydrogens is 242 g/mol. The molecule has 0 spiro atoms. The van der Waals surface area contributed by atoms with Crippen molar-refractivity contribution in [2.75, 3.05) is 0 Å². The lowest BCUT2D eigenvalue weighted by Crippen LogP contribution is -2.21. The molecule has 1 aromatic rings. The Morgan fingerprint density at radius 1 is 1.38 bits per heavy atom. The molecule has 3 nitrogen and oxygen atoms in total. The fourth-order valence-electron chi connectivity index (χ4n) is 1.03. The van der Waals surface area contributed by atoms with Crippen LogP contribution in [0.3, 0.4) is 0 Å². The van der Waals surface area contributed by atoms with E-state index in [0.717, 1.165) is 19.1 Å².